The fourth-order valence-corrected chi connectivity index (χ4v) is 5.56. The van der Waals surface area contributed by atoms with Gasteiger partial charge < -0.3 is 22.0 Å². The van der Waals surface area contributed by atoms with Gasteiger partial charge in [-0.15, -0.1) is 0 Å². The molecule has 148 valence electrons. The van der Waals surface area contributed by atoms with E-state index in [1.165, 1.54) is 41.7 Å². The molecule has 0 aliphatic carbocycles. The van der Waals surface area contributed by atoms with Gasteiger partial charge in [-0.25, -0.2) is 0 Å². The van der Waals surface area contributed by atoms with Gasteiger partial charge >= 0.3 is 7.25 Å². The molecule has 0 fully saturated rings. The molecule has 0 N–H and O–H groups in total. The first kappa shape index (κ1) is 19.5. The number of thiophene rings is 1. The minimum atomic E-state index is -6.00. The van der Waals surface area contributed by atoms with Gasteiger partial charge in [-0.3, -0.25) is 0 Å². The molecule has 5 aromatic rings. The van der Waals surface area contributed by atoms with Crippen LogP contribution in [0.1, 0.15) is 0 Å². The molecule has 0 saturated heterocycles. The number of aryl methyl sites for hydroxylation is 1. The van der Waals surface area contributed by atoms with Crippen LogP contribution in [0.5, 0.6) is 5.75 Å². The second-order valence-electron chi connectivity index (χ2n) is 6.72. The van der Waals surface area contributed by atoms with E-state index in [2.05, 4.69) is 73.0 Å². The zero-order chi connectivity index (χ0) is 20.8. The molecule has 0 bridgehead atoms. The Balaban J connectivity index is 0.000000369. The molecule has 7 heteroatoms. The second-order valence-corrected chi connectivity index (χ2v) is 8.62. The zero-order valence-corrected chi connectivity index (χ0v) is 16.6. The lowest BCUT2D eigenvalue weighted by molar-refractivity contribution is 0.368. The van der Waals surface area contributed by atoms with Crippen LogP contribution < -0.4 is 4.74 Å². The third-order valence-corrected chi connectivity index (χ3v) is 6.99. The van der Waals surface area contributed by atoms with E-state index >= 15 is 0 Å². The van der Waals surface area contributed by atoms with E-state index in [4.69, 9.17) is 4.74 Å². The molecule has 1 unspecified atom stereocenters. The van der Waals surface area contributed by atoms with Crippen LogP contribution in [0.4, 0.5) is 17.3 Å². The summed E-state index contributed by atoms with van der Waals surface area (Å²) in [5.41, 5.74) is 0. The standard InChI is InChI=1S/C22H17OS.BF4/c1-23-16-9-10-17-14(11-16)7-8-15-12-20-18-5-3-4-6-21(18)24(2)22(20)13-19(15)17;2-1(3,4)5/h3-13H,1-2H3;/q+1;-1. The average Bonchev–Trinajstić information content (AvgIpc) is 2.97. The van der Waals surface area contributed by atoms with Gasteiger partial charge in [-0.05, 0) is 62.3 Å². The molecule has 0 amide bonds. The number of ether oxygens (including phenoxy) is 1. The van der Waals surface area contributed by atoms with Crippen LogP contribution in [0.25, 0.3) is 41.7 Å². The summed E-state index contributed by atoms with van der Waals surface area (Å²) < 4.78 is 47.3. The Morgan fingerprint density at radius 1 is 0.690 bits per heavy atom. The maximum Gasteiger partial charge on any atom is 0.673 e. The van der Waals surface area contributed by atoms with Crippen molar-refractivity contribution in [2.75, 3.05) is 7.11 Å². The first-order valence-electron chi connectivity index (χ1n) is 8.93. The third kappa shape index (κ3) is 3.74. The molecule has 0 spiro atoms. The topological polar surface area (TPSA) is 9.23 Å². The van der Waals surface area contributed by atoms with Gasteiger partial charge in [-0.2, -0.15) is 0 Å². The Morgan fingerprint density at radius 3 is 2.03 bits per heavy atom. The summed E-state index contributed by atoms with van der Waals surface area (Å²) in [5.74, 6) is 0.908. The highest BCUT2D eigenvalue weighted by Gasteiger charge is 2.20. The number of hydrogen-bond acceptors (Lipinski definition) is 1. The molecule has 4 aromatic carbocycles. The van der Waals surface area contributed by atoms with Gasteiger partial charge in [0.1, 0.15) is 12.0 Å². The van der Waals surface area contributed by atoms with Crippen molar-refractivity contribution in [2.24, 2.45) is 6.26 Å². The predicted molar refractivity (Wildman–Crippen MR) is 117 cm³/mol. The van der Waals surface area contributed by atoms with E-state index in [1.54, 1.807) is 7.11 Å². The van der Waals surface area contributed by atoms with Crippen molar-refractivity contribution >= 4 is 59.4 Å². The van der Waals surface area contributed by atoms with Gasteiger partial charge in [0.25, 0.3) is 0 Å². The SMILES string of the molecule is COc1ccc2c(ccc3cc4c5ccccc5[s+](C)c4cc32)c1.F[B-](F)(F)F. The Kier molecular flexibility index (Phi) is 4.86. The Bertz CT molecular complexity index is 1350. The molecule has 29 heavy (non-hydrogen) atoms. The zero-order valence-electron chi connectivity index (χ0n) is 15.8. The highest BCUT2D eigenvalue weighted by atomic mass is 32.2. The molecule has 0 aliphatic heterocycles. The van der Waals surface area contributed by atoms with Crippen LogP contribution in [0.15, 0.2) is 66.7 Å². The van der Waals surface area contributed by atoms with Crippen molar-refractivity contribution in [3.63, 3.8) is 0 Å². The first-order chi connectivity index (χ1) is 13.8. The maximum absolute atomic E-state index is 9.75. The molecular formula is C22H17BF4OS. The molecule has 1 atom stereocenters. The lowest BCUT2D eigenvalue weighted by Gasteiger charge is -2.06. The van der Waals surface area contributed by atoms with Gasteiger partial charge in [0.2, 0.25) is 0 Å². The number of benzene rings is 4. The number of hydrogen-bond donors (Lipinski definition) is 0. The molecule has 1 heterocycles. The first-order valence-corrected chi connectivity index (χ1v) is 10.6. The lowest BCUT2D eigenvalue weighted by atomic mass is 10.00. The van der Waals surface area contributed by atoms with E-state index in [9.17, 15) is 17.3 Å². The highest BCUT2D eigenvalue weighted by Crippen LogP contribution is 2.43. The fraction of sp³-hybridized carbons (Fsp3) is 0.0909. The molecule has 0 radical (unpaired) electrons. The fourth-order valence-electron chi connectivity index (χ4n) is 3.74. The Morgan fingerprint density at radius 2 is 1.34 bits per heavy atom. The highest BCUT2D eigenvalue weighted by molar-refractivity contribution is 7.41. The quantitative estimate of drug-likeness (QED) is 0.117. The largest absolute Gasteiger partial charge is 0.673 e. The van der Waals surface area contributed by atoms with Crippen LogP contribution in [0.3, 0.4) is 0 Å². The second kappa shape index (κ2) is 7.23. The normalized spacial score (nSPS) is 12.4. The monoisotopic (exact) mass is 416 g/mol. The minimum Gasteiger partial charge on any atom is -0.497 e. The smallest absolute Gasteiger partial charge is 0.497 e. The maximum atomic E-state index is 9.75. The van der Waals surface area contributed by atoms with Gasteiger partial charge in [-0.1, -0.05) is 30.3 Å². The van der Waals surface area contributed by atoms with Gasteiger partial charge in [0.15, 0.2) is 9.40 Å². The average molecular weight is 416 g/mol. The minimum absolute atomic E-state index is 0.148. The van der Waals surface area contributed by atoms with Crippen molar-refractivity contribution in [3.8, 4) is 5.75 Å². The summed E-state index contributed by atoms with van der Waals surface area (Å²) in [4.78, 5) is 0. The Labute approximate surface area is 167 Å². The molecule has 1 nitrogen and oxygen atoms in total. The summed E-state index contributed by atoms with van der Waals surface area (Å²) >= 11 is 0. The summed E-state index contributed by atoms with van der Waals surface area (Å²) in [6.07, 6.45) is 2.34. The molecular weight excluding hydrogens is 399 g/mol. The van der Waals surface area contributed by atoms with E-state index in [0.29, 0.717) is 0 Å². The van der Waals surface area contributed by atoms with Crippen LogP contribution in [-0.2, 0) is 6.26 Å². The Hall–Kier alpha value is -2.80. The van der Waals surface area contributed by atoms with Crippen LogP contribution in [0.2, 0.25) is 0 Å². The van der Waals surface area contributed by atoms with Crippen molar-refractivity contribution in [3.05, 3.63) is 66.7 Å². The number of fused-ring (bicyclic) bond motifs is 6. The molecule has 0 saturated carbocycles. The third-order valence-electron chi connectivity index (χ3n) is 4.98. The van der Waals surface area contributed by atoms with E-state index in [-0.39, 0.29) is 10.5 Å². The molecule has 1 aromatic heterocycles. The van der Waals surface area contributed by atoms with Crippen LogP contribution in [0, 0.1) is 0 Å². The van der Waals surface area contributed by atoms with E-state index < -0.39 is 7.25 Å². The van der Waals surface area contributed by atoms with Gasteiger partial charge in [0, 0.05) is 16.8 Å². The van der Waals surface area contributed by atoms with Crippen LogP contribution in [-0.4, -0.2) is 14.4 Å². The molecule has 0 aliphatic rings. The molecule has 5 rings (SSSR count). The van der Waals surface area contributed by atoms with E-state index in [0.717, 1.165) is 5.75 Å². The van der Waals surface area contributed by atoms with Crippen molar-refractivity contribution in [1.82, 2.24) is 0 Å². The summed E-state index contributed by atoms with van der Waals surface area (Å²) in [5, 5.41) is 7.96. The van der Waals surface area contributed by atoms with Crippen molar-refractivity contribution < 1.29 is 22.0 Å². The summed E-state index contributed by atoms with van der Waals surface area (Å²) in [6.45, 7) is 0. The summed E-state index contributed by atoms with van der Waals surface area (Å²) in [6, 6.07) is 24.3. The van der Waals surface area contributed by atoms with Crippen LogP contribution >= 0.6 is 10.5 Å². The predicted octanol–water partition coefficient (Wildman–Crippen LogP) is 7.89. The number of halogens is 4. The van der Waals surface area contributed by atoms with Crippen molar-refractivity contribution in [2.45, 2.75) is 0 Å². The number of methoxy groups -OCH3 is 1. The van der Waals surface area contributed by atoms with E-state index in [1.807, 2.05) is 0 Å². The number of rotatable bonds is 1. The van der Waals surface area contributed by atoms with Gasteiger partial charge in [0.05, 0.1) is 7.11 Å². The van der Waals surface area contributed by atoms with Crippen molar-refractivity contribution in [1.29, 1.82) is 0 Å². The summed E-state index contributed by atoms with van der Waals surface area (Å²) in [7, 11) is -4.13. The lowest BCUT2D eigenvalue weighted by Crippen LogP contribution is -2.02.